The molecule has 4 nitrogen and oxygen atoms in total. The average Bonchev–Trinajstić information content (AvgIpc) is 2.59. The van der Waals surface area contributed by atoms with E-state index in [9.17, 15) is 4.79 Å². The molecule has 1 aromatic rings. The Morgan fingerprint density at radius 1 is 1.33 bits per heavy atom. The van der Waals surface area contributed by atoms with Crippen molar-refractivity contribution in [2.24, 2.45) is 7.05 Å². The Hall–Kier alpha value is -1.58. The number of fused-ring (bicyclic) bond motifs is 1. The fraction of sp³-hybridized carbons (Fsp3) is 0.571. The Labute approximate surface area is 108 Å². The van der Waals surface area contributed by atoms with Gasteiger partial charge in [0.25, 0.3) is 0 Å². The lowest BCUT2D eigenvalue weighted by atomic mass is 9.88. The van der Waals surface area contributed by atoms with Gasteiger partial charge in [0.2, 0.25) is 0 Å². The highest BCUT2D eigenvalue weighted by molar-refractivity contribution is 6.11. The van der Waals surface area contributed by atoms with Crippen molar-refractivity contribution in [2.45, 2.75) is 32.6 Å². The molecule has 0 spiro atoms. The van der Waals surface area contributed by atoms with Crippen LogP contribution < -0.4 is 0 Å². The Morgan fingerprint density at radius 2 is 2.00 bits per heavy atom. The summed E-state index contributed by atoms with van der Waals surface area (Å²) in [7, 11) is 5.82. The van der Waals surface area contributed by atoms with Crippen LogP contribution >= 0.6 is 0 Å². The summed E-state index contributed by atoms with van der Waals surface area (Å²) < 4.78 is 1.87. The second kappa shape index (κ2) is 4.59. The van der Waals surface area contributed by atoms with Crippen molar-refractivity contribution in [1.82, 2.24) is 14.7 Å². The number of hydrogen-bond donors (Lipinski definition) is 0. The number of aryl methyl sites for hydroxylation is 2. The van der Waals surface area contributed by atoms with Crippen molar-refractivity contribution in [1.29, 1.82) is 0 Å². The van der Waals surface area contributed by atoms with Gasteiger partial charge in [0.1, 0.15) is 0 Å². The number of ketones is 1. The zero-order chi connectivity index (χ0) is 13.4. The first-order valence-corrected chi connectivity index (χ1v) is 6.39. The van der Waals surface area contributed by atoms with E-state index in [0.29, 0.717) is 5.92 Å². The molecule has 1 heterocycles. The molecule has 0 saturated carbocycles. The number of carbonyl (C=O) groups is 1. The van der Waals surface area contributed by atoms with Gasteiger partial charge in [-0.25, -0.2) is 0 Å². The van der Waals surface area contributed by atoms with Gasteiger partial charge >= 0.3 is 0 Å². The predicted molar refractivity (Wildman–Crippen MR) is 71.7 cm³/mol. The molecule has 0 saturated heterocycles. The minimum atomic E-state index is 0.154. The molecule has 1 aliphatic carbocycles. The lowest BCUT2D eigenvalue weighted by molar-refractivity contribution is 0.102. The molecular formula is C14H21N3O. The number of aromatic nitrogens is 2. The summed E-state index contributed by atoms with van der Waals surface area (Å²) in [5.41, 5.74) is 3.75. The first-order valence-electron chi connectivity index (χ1n) is 6.39. The monoisotopic (exact) mass is 247 g/mol. The van der Waals surface area contributed by atoms with E-state index in [2.05, 4.69) is 18.9 Å². The van der Waals surface area contributed by atoms with Gasteiger partial charge in [0.05, 0.1) is 17.0 Å². The van der Waals surface area contributed by atoms with E-state index in [0.717, 1.165) is 35.4 Å². The maximum absolute atomic E-state index is 12.5. The summed E-state index contributed by atoms with van der Waals surface area (Å²) in [6.45, 7) is 4.21. The first-order chi connectivity index (χ1) is 8.41. The van der Waals surface area contributed by atoms with E-state index in [4.69, 9.17) is 0 Å². The van der Waals surface area contributed by atoms with Gasteiger partial charge in [-0.2, -0.15) is 5.10 Å². The zero-order valence-electron chi connectivity index (χ0n) is 11.8. The normalized spacial score (nSPS) is 17.4. The fourth-order valence-corrected chi connectivity index (χ4v) is 2.64. The van der Waals surface area contributed by atoms with Crippen LogP contribution in [0.4, 0.5) is 0 Å². The summed E-state index contributed by atoms with van der Waals surface area (Å²) in [6, 6.07) is 0. The highest BCUT2D eigenvalue weighted by Crippen LogP contribution is 2.30. The molecular weight excluding hydrogens is 226 g/mol. The quantitative estimate of drug-likeness (QED) is 0.751. The summed E-state index contributed by atoms with van der Waals surface area (Å²) in [6.07, 6.45) is 3.59. The molecule has 0 N–H and O–H groups in total. The van der Waals surface area contributed by atoms with Crippen LogP contribution in [0.5, 0.6) is 0 Å². The maximum Gasteiger partial charge on any atom is 0.194 e. The van der Waals surface area contributed by atoms with Gasteiger partial charge in [0.15, 0.2) is 5.78 Å². The molecule has 0 fully saturated rings. The predicted octanol–water partition coefficient (Wildman–Crippen LogP) is 2.12. The number of rotatable bonds is 2. The van der Waals surface area contributed by atoms with E-state index in [1.165, 1.54) is 0 Å². The second-order valence-corrected chi connectivity index (χ2v) is 5.43. The summed E-state index contributed by atoms with van der Waals surface area (Å²) >= 11 is 0. The second-order valence-electron chi connectivity index (χ2n) is 5.43. The topological polar surface area (TPSA) is 38.1 Å². The molecule has 2 rings (SSSR count). The standard InChI is InChI=1S/C14H21N3O/c1-9(2)13-12-11(15-17(13)5)7-6-10(14(12)18)8-16(3)4/h8-9H,6-7H2,1-5H3/b10-8+. The van der Waals surface area contributed by atoms with E-state index in [1.54, 1.807) is 0 Å². The average molecular weight is 247 g/mol. The van der Waals surface area contributed by atoms with Crippen LogP contribution in [-0.4, -0.2) is 34.6 Å². The largest absolute Gasteiger partial charge is 0.383 e. The molecule has 0 amide bonds. The van der Waals surface area contributed by atoms with Crippen molar-refractivity contribution in [2.75, 3.05) is 14.1 Å². The molecule has 0 unspecified atom stereocenters. The minimum absolute atomic E-state index is 0.154. The SMILES string of the molecule is CC(C)c1c2c(nn1C)CC/C(=C\N(C)C)C2=O. The molecule has 0 aromatic carbocycles. The van der Waals surface area contributed by atoms with Crippen molar-refractivity contribution in [3.05, 3.63) is 28.7 Å². The molecule has 0 aliphatic heterocycles. The number of carbonyl (C=O) groups excluding carboxylic acids is 1. The van der Waals surface area contributed by atoms with Crippen molar-refractivity contribution < 1.29 is 4.79 Å². The Bertz CT molecular complexity index is 509. The first kappa shape index (κ1) is 12.9. The third kappa shape index (κ3) is 2.07. The van der Waals surface area contributed by atoms with Gasteiger partial charge in [-0.15, -0.1) is 0 Å². The third-order valence-electron chi connectivity index (χ3n) is 3.27. The van der Waals surface area contributed by atoms with Gasteiger partial charge in [0, 0.05) is 32.9 Å². The van der Waals surface area contributed by atoms with Crippen molar-refractivity contribution >= 4 is 5.78 Å². The van der Waals surface area contributed by atoms with Crippen molar-refractivity contribution in [3.8, 4) is 0 Å². The van der Waals surface area contributed by atoms with Crippen LogP contribution in [0.15, 0.2) is 11.8 Å². The summed E-state index contributed by atoms with van der Waals surface area (Å²) in [4.78, 5) is 14.5. The van der Waals surface area contributed by atoms with Crippen LogP contribution in [0.1, 0.15) is 47.9 Å². The zero-order valence-corrected chi connectivity index (χ0v) is 11.8. The van der Waals surface area contributed by atoms with E-state index >= 15 is 0 Å². The van der Waals surface area contributed by atoms with Crippen LogP contribution in [0.25, 0.3) is 0 Å². The van der Waals surface area contributed by atoms with Crippen molar-refractivity contribution in [3.63, 3.8) is 0 Å². The van der Waals surface area contributed by atoms with Gasteiger partial charge < -0.3 is 4.90 Å². The highest BCUT2D eigenvalue weighted by Gasteiger charge is 2.30. The summed E-state index contributed by atoms with van der Waals surface area (Å²) in [5.74, 6) is 0.468. The number of allylic oxidation sites excluding steroid dienone is 1. The van der Waals surface area contributed by atoms with Crippen LogP contribution in [0, 0.1) is 0 Å². The number of Topliss-reactive ketones (excluding diaryl/α,β-unsaturated/α-hetero) is 1. The summed E-state index contributed by atoms with van der Waals surface area (Å²) in [5, 5.41) is 4.49. The molecule has 0 bridgehead atoms. The molecule has 18 heavy (non-hydrogen) atoms. The molecule has 0 radical (unpaired) electrons. The smallest absolute Gasteiger partial charge is 0.194 e. The third-order valence-corrected chi connectivity index (χ3v) is 3.27. The lowest BCUT2D eigenvalue weighted by Crippen LogP contribution is -2.18. The van der Waals surface area contributed by atoms with Crippen LogP contribution in [0.3, 0.4) is 0 Å². The number of nitrogens with zero attached hydrogens (tertiary/aromatic N) is 3. The number of hydrogen-bond acceptors (Lipinski definition) is 3. The molecule has 1 aliphatic rings. The van der Waals surface area contributed by atoms with E-state index in [1.807, 2.05) is 36.9 Å². The Morgan fingerprint density at radius 3 is 2.56 bits per heavy atom. The Balaban J connectivity index is 2.51. The molecule has 0 atom stereocenters. The van der Waals surface area contributed by atoms with Gasteiger partial charge in [-0.1, -0.05) is 13.8 Å². The van der Waals surface area contributed by atoms with Gasteiger partial charge in [-0.3, -0.25) is 9.48 Å². The molecule has 4 heteroatoms. The van der Waals surface area contributed by atoms with Gasteiger partial charge in [-0.05, 0) is 18.8 Å². The van der Waals surface area contributed by atoms with Crippen LogP contribution in [0.2, 0.25) is 0 Å². The van der Waals surface area contributed by atoms with E-state index < -0.39 is 0 Å². The van der Waals surface area contributed by atoms with Crippen LogP contribution in [-0.2, 0) is 13.5 Å². The molecule has 98 valence electrons. The highest BCUT2D eigenvalue weighted by atomic mass is 16.1. The lowest BCUT2D eigenvalue weighted by Gasteiger charge is -2.17. The maximum atomic E-state index is 12.5. The Kier molecular flexibility index (Phi) is 3.28. The minimum Gasteiger partial charge on any atom is -0.383 e. The molecule has 1 aromatic heterocycles. The fourth-order valence-electron chi connectivity index (χ4n) is 2.64. The van der Waals surface area contributed by atoms with E-state index in [-0.39, 0.29) is 5.78 Å².